The van der Waals surface area contributed by atoms with Gasteiger partial charge in [0.05, 0.1) is 19.1 Å². The van der Waals surface area contributed by atoms with Gasteiger partial charge in [0.25, 0.3) is 10.0 Å². The summed E-state index contributed by atoms with van der Waals surface area (Å²) in [6.07, 6.45) is 0. The van der Waals surface area contributed by atoms with E-state index < -0.39 is 34.3 Å². The van der Waals surface area contributed by atoms with Gasteiger partial charge < -0.3 is 18.9 Å². The van der Waals surface area contributed by atoms with E-state index in [1.807, 2.05) is 0 Å². The normalized spacial score (nSPS) is 14.6. The van der Waals surface area contributed by atoms with E-state index in [1.54, 1.807) is 30.3 Å². The second kappa shape index (κ2) is 8.46. The van der Waals surface area contributed by atoms with Gasteiger partial charge in [-0.1, -0.05) is 12.1 Å². The average Bonchev–Trinajstić information content (AvgIpc) is 2.76. The highest BCUT2D eigenvalue weighted by atomic mass is 32.2. The predicted molar refractivity (Wildman–Crippen MR) is 105 cm³/mol. The minimum atomic E-state index is -4.02. The fraction of sp³-hybridized carbons (Fsp3) is 0.200. The highest BCUT2D eigenvalue weighted by Crippen LogP contribution is 2.37. The van der Waals surface area contributed by atoms with Crippen molar-refractivity contribution in [1.29, 1.82) is 0 Å². The topological polar surface area (TPSA) is 108 Å². The van der Waals surface area contributed by atoms with E-state index in [4.69, 9.17) is 18.9 Å². The maximum absolute atomic E-state index is 12.7. The molecule has 0 aliphatic carbocycles. The molecule has 0 fully saturated rings. The van der Waals surface area contributed by atoms with Crippen LogP contribution in [0.15, 0.2) is 59.1 Å². The zero-order chi connectivity index (χ0) is 21.9. The quantitative estimate of drug-likeness (QED) is 0.635. The van der Waals surface area contributed by atoms with Gasteiger partial charge in [-0.2, -0.15) is 0 Å². The zero-order valence-electron chi connectivity index (χ0n) is 16.4. The van der Waals surface area contributed by atoms with Crippen LogP contribution >= 0.6 is 0 Å². The van der Waals surface area contributed by atoms with Crippen molar-refractivity contribution in [3.8, 4) is 11.5 Å². The summed E-state index contributed by atoms with van der Waals surface area (Å²) in [6.45, 7) is -0.469. The van der Waals surface area contributed by atoms with Gasteiger partial charge in [0.1, 0.15) is 11.5 Å². The molecule has 0 saturated heterocycles. The first-order valence-corrected chi connectivity index (χ1v) is 10.1. The van der Waals surface area contributed by atoms with Gasteiger partial charge in [0.15, 0.2) is 18.1 Å². The van der Waals surface area contributed by atoms with Crippen LogP contribution in [0.4, 0.5) is 0 Å². The maximum Gasteiger partial charge on any atom is 0.359 e. The highest BCUT2D eigenvalue weighted by molar-refractivity contribution is 7.89. The van der Waals surface area contributed by atoms with Crippen LogP contribution in [0.2, 0.25) is 0 Å². The van der Waals surface area contributed by atoms with E-state index >= 15 is 0 Å². The molecule has 3 rings (SSSR count). The van der Waals surface area contributed by atoms with Gasteiger partial charge in [0.2, 0.25) is 0 Å². The third-order valence-corrected chi connectivity index (χ3v) is 6.13. The molecular formula is C20H19NO8S. The van der Waals surface area contributed by atoms with E-state index in [-0.39, 0.29) is 16.2 Å². The zero-order valence-corrected chi connectivity index (χ0v) is 17.3. The van der Waals surface area contributed by atoms with E-state index in [2.05, 4.69) is 0 Å². The first-order valence-electron chi connectivity index (χ1n) is 8.68. The molecular weight excluding hydrogens is 414 g/mol. The number of hydrogen-bond acceptors (Lipinski definition) is 8. The molecule has 2 aromatic rings. The van der Waals surface area contributed by atoms with Crippen molar-refractivity contribution < 1.29 is 37.0 Å². The molecule has 1 aliphatic heterocycles. The number of nitrogens with zero attached hydrogens (tertiary/aromatic N) is 1. The first kappa shape index (κ1) is 21.2. The summed E-state index contributed by atoms with van der Waals surface area (Å²) in [4.78, 5) is 24.6. The molecule has 0 aromatic heterocycles. The average molecular weight is 433 g/mol. The van der Waals surface area contributed by atoms with Gasteiger partial charge >= 0.3 is 11.9 Å². The van der Waals surface area contributed by atoms with Crippen molar-refractivity contribution >= 4 is 27.7 Å². The van der Waals surface area contributed by atoms with Gasteiger partial charge in [-0.25, -0.2) is 18.0 Å². The molecule has 0 spiro atoms. The molecule has 0 N–H and O–H groups in total. The Balaban J connectivity index is 1.90. The number of carbonyl (C=O) groups excluding carboxylic acids is 2. The van der Waals surface area contributed by atoms with E-state index in [1.165, 1.54) is 32.4 Å². The number of rotatable bonds is 6. The molecule has 30 heavy (non-hydrogen) atoms. The predicted octanol–water partition coefficient (Wildman–Crippen LogP) is 1.79. The second-order valence-corrected chi connectivity index (χ2v) is 8.01. The number of hydrogen-bond donors (Lipinski definition) is 0. The molecule has 1 aliphatic rings. The van der Waals surface area contributed by atoms with Crippen LogP contribution in [0.5, 0.6) is 11.5 Å². The van der Waals surface area contributed by atoms with Crippen LogP contribution in [-0.4, -0.2) is 52.5 Å². The fourth-order valence-corrected chi connectivity index (χ4v) is 4.18. The van der Waals surface area contributed by atoms with Crippen LogP contribution in [0.25, 0.3) is 5.76 Å². The largest absolute Gasteiger partial charge is 0.497 e. The summed E-state index contributed by atoms with van der Waals surface area (Å²) in [5.74, 6) is -0.989. The summed E-state index contributed by atoms with van der Waals surface area (Å²) < 4.78 is 46.7. The lowest BCUT2D eigenvalue weighted by atomic mass is 10.1. The molecule has 0 atom stereocenters. The van der Waals surface area contributed by atoms with E-state index in [0.717, 1.165) is 11.4 Å². The Morgan fingerprint density at radius 3 is 2.23 bits per heavy atom. The molecule has 158 valence electrons. The Kier molecular flexibility index (Phi) is 5.97. The van der Waals surface area contributed by atoms with Gasteiger partial charge in [-0.15, -0.1) is 0 Å². The van der Waals surface area contributed by atoms with Crippen LogP contribution in [0.1, 0.15) is 5.56 Å². The monoisotopic (exact) mass is 433 g/mol. The minimum Gasteiger partial charge on any atom is -0.497 e. The lowest BCUT2D eigenvalue weighted by Crippen LogP contribution is -2.36. The van der Waals surface area contributed by atoms with E-state index in [0.29, 0.717) is 11.5 Å². The summed E-state index contributed by atoms with van der Waals surface area (Å²) in [5, 5.41) is 0. The summed E-state index contributed by atoms with van der Waals surface area (Å²) in [7, 11) is -0.209. The van der Waals surface area contributed by atoms with Gasteiger partial charge in [-0.3, -0.25) is 4.31 Å². The Bertz CT molecular complexity index is 1110. The molecule has 0 radical (unpaired) electrons. The second-order valence-electron chi connectivity index (χ2n) is 6.08. The molecule has 0 amide bonds. The van der Waals surface area contributed by atoms with Crippen molar-refractivity contribution in [3.05, 3.63) is 59.8 Å². The van der Waals surface area contributed by atoms with Crippen LogP contribution in [-0.2, 0) is 29.1 Å². The summed E-state index contributed by atoms with van der Waals surface area (Å²) in [5.41, 5.74) is -0.331. The van der Waals surface area contributed by atoms with Crippen LogP contribution in [0, 0.1) is 0 Å². The van der Waals surface area contributed by atoms with Crippen LogP contribution < -0.4 is 9.47 Å². The highest BCUT2D eigenvalue weighted by Gasteiger charge is 2.40. The van der Waals surface area contributed by atoms with Crippen molar-refractivity contribution in [1.82, 2.24) is 4.31 Å². The van der Waals surface area contributed by atoms with E-state index in [9.17, 15) is 18.0 Å². The van der Waals surface area contributed by atoms with Crippen LogP contribution in [0.3, 0.4) is 0 Å². The Morgan fingerprint density at radius 2 is 1.60 bits per heavy atom. The number of likely N-dealkylation sites (N-methyl/N-ethyl adjacent to an activating group) is 1. The smallest absolute Gasteiger partial charge is 0.359 e. The summed E-state index contributed by atoms with van der Waals surface area (Å²) >= 11 is 0. The number of fused-ring (bicyclic) bond motifs is 1. The molecule has 0 saturated carbocycles. The third kappa shape index (κ3) is 3.94. The number of carbonyl (C=O) groups is 2. The SMILES string of the molecule is COC(=O)C1=C(OC(=O)COc2ccc(OC)cc2)c2ccccc2S(=O)(=O)N1C. The Morgan fingerprint density at radius 1 is 0.967 bits per heavy atom. The lowest BCUT2D eigenvalue weighted by molar-refractivity contribution is -0.139. The van der Waals surface area contributed by atoms with Crippen molar-refractivity contribution in [2.24, 2.45) is 0 Å². The fourth-order valence-electron chi connectivity index (χ4n) is 2.80. The molecule has 0 bridgehead atoms. The standard InChI is InChI=1S/C20H19NO8S/c1-21-18(20(23)27-3)19(15-6-4-5-7-16(15)30(21,24)25)29-17(22)12-28-14-10-8-13(26-2)9-11-14/h4-11H,12H2,1-3H3. The number of methoxy groups -OCH3 is 2. The number of sulfonamides is 1. The molecule has 10 heteroatoms. The van der Waals surface area contributed by atoms with Crippen molar-refractivity contribution in [2.75, 3.05) is 27.9 Å². The molecule has 9 nitrogen and oxygen atoms in total. The number of ether oxygens (including phenoxy) is 4. The van der Waals surface area contributed by atoms with Crippen molar-refractivity contribution in [2.45, 2.75) is 4.90 Å². The third-order valence-electron chi connectivity index (χ3n) is 4.31. The Hall–Kier alpha value is -3.53. The lowest BCUT2D eigenvalue weighted by Gasteiger charge is -2.29. The van der Waals surface area contributed by atoms with Gasteiger partial charge in [0, 0.05) is 12.6 Å². The van der Waals surface area contributed by atoms with Gasteiger partial charge in [-0.05, 0) is 36.4 Å². The first-order chi connectivity index (χ1) is 14.3. The molecule has 0 unspecified atom stereocenters. The maximum atomic E-state index is 12.7. The molecule has 1 heterocycles. The summed E-state index contributed by atoms with van der Waals surface area (Å²) in [6, 6.07) is 12.4. The number of benzene rings is 2. The minimum absolute atomic E-state index is 0.0776. The van der Waals surface area contributed by atoms with Crippen molar-refractivity contribution in [3.63, 3.8) is 0 Å². The molecule has 2 aromatic carbocycles. The Labute approximate surface area is 173 Å². The number of esters is 2.